The summed E-state index contributed by atoms with van der Waals surface area (Å²) in [6, 6.07) is 0. The smallest absolute Gasteiger partial charge is 0.223 e. The highest BCUT2D eigenvalue weighted by Gasteiger charge is 2.43. The molecule has 0 atom stereocenters. The van der Waals surface area contributed by atoms with E-state index in [4.69, 9.17) is 4.74 Å². The molecule has 0 aromatic carbocycles. The number of piperidine rings is 1. The molecular weight excluding hydrogens is 228 g/mol. The monoisotopic (exact) mass is 252 g/mol. The Morgan fingerprint density at radius 1 is 1.28 bits per heavy atom. The van der Waals surface area contributed by atoms with E-state index in [2.05, 4.69) is 10.2 Å². The van der Waals surface area contributed by atoms with E-state index >= 15 is 0 Å². The third-order valence-corrected chi connectivity index (χ3v) is 4.89. The van der Waals surface area contributed by atoms with Crippen molar-refractivity contribution in [1.29, 1.82) is 0 Å². The first-order chi connectivity index (χ1) is 8.77. The number of nitrogens with zero attached hydrogens (tertiary/aromatic N) is 1. The van der Waals surface area contributed by atoms with Crippen LogP contribution in [0.2, 0.25) is 0 Å². The highest BCUT2D eigenvalue weighted by molar-refractivity contribution is 5.79. The Morgan fingerprint density at radius 2 is 2.00 bits per heavy atom. The molecule has 0 bridgehead atoms. The number of hydrogen-bond acceptors (Lipinski definition) is 3. The fraction of sp³-hybridized carbons (Fsp3) is 0.929. The van der Waals surface area contributed by atoms with Gasteiger partial charge in [0.15, 0.2) is 0 Å². The summed E-state index contributed by atoms with van der Waals surface area (Å²) in [7, 11) is 0. The summed E-state index contributed by atoms with van der Waals surface area (Å²) in [5, 5.41) is 3.40. The molecule has 0 unspecified atom stereocenters. The maximum absolute atomic E-state index is 12.2. The number of likely N-dealkylation sites (tertiary alicyclic amines) is 1. The zero-order valence-electron chi connectivity index (χ0n) is 11.1. The van der Waals surface area contributed by atoms with Gasteiger partial charge >= 0.3 is 0 Å². The molecule has 3 fully saturated rings. The van der Waals surface area contributed by atoms with Crippen LogP contribution in [0.25, 0.3) is 0 Å². The zero-order chi connectivity index (χ0) is 12.4. The Balaban J connectivity index is 1.58. The van der Waals surface area contributed by atoms with Crippen LogP contribution in [-0.4, -0.2) is 50.2 Å². The molecule has 3 aliphatic rings. The van der Waals surface area contributed by atoms with Crippen LogP contribution >= 0.6 is 0 Å². The molecule has 4 nitrogen and oxygen atoms in total. The minimum Gasteiger partial charge on any atom is -0.381 e. The van der Waals surface area contributed by atoms with E-state index in [1.54, 1.807) is 0 Å². The van der Waals surface area contributed by atoms with Gasteiger partial charge in [-0.3, -0.25) is 4.79 Å². The summed E-state index contributed by atoms with van der Waals surface area (Å²) < 4.78 is 5.39. The molecule has 102 valence electrons. The lowest BCUT2D eigenvalue weighted by Crippen LogP contribution is -2.40. The maximum atomic E-state index is 12.2. The Morgan fingerprint density at radius 3 is 2.72 bits per heavy atom. The van der Waals surface area contributed by atoms with Crippen molar-refractivity contribution in [2.75, 3.05) is 39.4 Å². The van der Waals surface area contributed by atoms with Gasteiger partial charge in [-0.15, -0.1) is 0 Å². The second-order valence-electron chi connectivity index (χ2n) is 6.26. The second-order valence-corrected chi connectivity index (χ2v) is 6.26. The van der Waals surface area contributed by atoms with Crippen molar-refractivity contribution >= 4 is 5.91 Å². The van der Waals surface area contributed by atoms with E-state index in [0.29, 0.717) is 17.2 Å². The van der Waals surface area contributed by atoms with E-state index in [0.717, 1.165) is 58.7 Å². The lowest BCUT2D eigenvalue weighted by molar-refractivity contribution is -0.128. The normalized spacial score (nSPS) is 29.1. The first-order valence-corrected chi connectivity index (χ1v) is 7.34. The molecule has 3 saturated heterocycles. The molecule has 0 aliphatic carbocycles. The molecule has 0 radical (unpaired) electrons. The van der Waals surface area contributed by atoms with Crippen molar-refractivity contribution < 1.29 is 9.53 Å². The summed E-state index contributed by atoms with van der Waals surface area (Å²) >= 11 is 0. The third-order valence-electron chi connectivity index (χ3n) is 4.89. The van der Waals surface area contributed by atoms with E-state index in [1.807, 2.05) is 0 Å². The highest BCUT2D eigenvalue weighted by Crippen LogP contribution is 2.39. The van der Waals surface area contributed by atoms with Crippen molar-refractivity contribution in [3.8, 4) is 0 Å². The Labute approximate surface area is 109 Å². The van der Waals surface area contributed by atoms with Crippen molar-refractivity contribution in [3.63, 3.8) is 0 Å². The van der Waals surface area contributed by atoms with Gasteiger partial charge in [-0.2, -0.15) is 0 Å². The Kier molecular flexibility index (Phi) is 3.57. The molecule has 3 aliphatic heterocycles. The topological polar surface area (TPSA) is 41.6 Å². The minimum atomic E-state index is 0.299. The molecule has 4 heteroatoms. The zero-order valence-corrected chi connectivity index (χ0v) is 11.1. The van der Waals surface area contributed by atoms with Crippen LogP contribution in [0.1, 0.15) is 32.1 Å². The Hall–Kier alpha value is -0.610. The average Bonchev–Trinajstić information content (AvgIpc) is 2.68. The fourth-order valence-electron chi connectivity index (χ4n) is 3.68. The fourth-order valence-corrected chi connectivity index (χ4v) is 3.68. The molecule has 1 N–H and O–H groups in total. The van der Waals surface area contributed by atoms with Gasteiger partial charge in [-0.05, 0) is 50.1 Å². The van der Waals surface area contributed by atoms with Gasteiger partial charge in [-0.1, -0.05) is 0 Å². The molecule has 18 heavy (non-hydrogen) atoms. The number of nitrogens with one attached hydrogen (secondary N) is 1. The number of carbonyl (C=O) groups excluding carboxylic acids is 1. The molecule has 1 amide bonds. The van der Waals surface area contributed by atoms with E-state index in [-0.39, 0.29) is 0 Å². The van der Waals surface area contributed by atoms with Crippen LogP contribution in [-0.2, 0) is 9.53 Å². The van der Waals surface area contributed by atoms with Crippen molar-refractivity contribution in [2.45, 2.75) is 32.1 Å². The molecule has 0 saturated carbocycles. The lowest BCUT2D eigenvalue weighted by atomic mass is 9.78. The maximum Gasteiger partial charge on any atom is 0.223 e. The quantitative estimate of drug-likeness (QED) is 0.797. The van der Waals surface area contributed by atoms with Crippen molar-refractivity contribution in [3.05, 3.63) is 0 Å². The predicted octanol–water partition coefficient (Wildman–Crippen LogP) is 1.02. The van der Waals surface area contributed by atoms with Crippen LogP contribution in [0.3, 0.4) is 0 Å². The number of carbonyl (C=O) groups is 1. The molecular formula is C14H24N2O2. The van der Waals surface area contributed by atoms with Crippen LogP contribution in [0, 0.1) is 11.3 Å². The van der Waals surface area contributed by atoms with Crippen LogP contribution in [0.5, 0.6) is 0 Å². The number of amides is 1. The molecule has 3 rings (SSSR count). The first kappa shape index (κ1) is 12.4. The summed E-state index contributed by atoms with van der Waals surface area (Å²) in [6.45, 7) is 5.89. The van der Waals surface area contributed by atoms with Crippen molar-refractivity contribution in [1.82, 2.24) is 10.2 Å². The van der Waals surface area contributed by atoms with Gasteiger partial charge in [0.2, 0.25) is 5.91 Å². The number of hydrogen-bond donors (Lipinski definition) is 1. The van der Waals surface area contributed by atoms with Gasteiger partial charge in [0.25, 0.3) is 0 Å². The Bertz CT molecular complexity index is 307. The predicted molar refractivity (Wildman–Crippen MR) is 69.3 cm³/mol. The third kappa shape index (κ3) is 2.54. The lowest BCUT2D eigenvalue weighted by Gasteiger charge is -2.34. The average molecular weight is 252 g/mol. The molecule has 0 aromatic rings. The summed E-state index contributed by atoms with van der Waals surface area (Å²) in [4.78, 5) is 14.3. The van der Waals surface area contributed by atoms with Gasteiger partial charge in [0.05, 0.1) is 0 Å². The van der Waals surface area contributed by atoms with E-state index in [1.165, 1.54) is 12.8 Å². The van der Waals surface area contributed by atoms with Gasteiger partial charge in [0.1, 0.15) is 0 Å². The molecule has 3 heterocycles. The number of rotatable bonds is 2. The second kappa shape index (κ2) is 5.17. The van der Waals surface area contributed by atoms with Crippen molar-refractivity contribution in [2.24, 2.45) is 11.3 Å². The standard InChI is InChI=1S/C14H24N2O2/c17-13-9-14(3-5-15-6-4-14)11-16(13)10-12-1-7-18-8-2-12/h12,15H,1-11H2. The summed E-state index contributed by atoms with van der Waals surface area (Å²) in [5.74, 6) is 1.06. The highest BCUT2D eigenvalue weighted by atomic mass is 16.5. The summed E-state index contributed by atoms with van der Waals surface area (Å²) in [6.07, 6.45) is 5.38. The largest absolute Gasteiger partial charge is 0.381 e. The van der Waals surface area contributed by atoms with E-state index in [9.17, 15) is 4.79 Å². The summed E-state index contributed by atoms with van der Waals surface area (Å²) in [5.41, 5.74) is 0.299. The van der Waals surface area contributed by atoms with Gasteiger partial charge < -0.3 is 15.0 Å². The SMILES string of the molecule is O=C1CC2(CCNCC2)CN1CC1CCOCC1. The van der Waals surface area contributed by atoms with Crippen LogP contribution < -0.4 is 5.32 Å². The first-order valence-electron chi connectivity index (χ1n) is 7.34. The van der Waals surface area contributed by atoms with Crippen LogP contribution in [0.15, 0.2) is 0 Å². The van der Waals surface area contributed by atoms with Gasteiger partial charge in [0, 0.05) is 32.7 Å². The van der Waals surface area contributed by atoms with Crippen LogP contribution in [0.4, 0.5) is 0 Å². The molecule has 1 spiro atoms. The van der Waals surface area contributed by atoms with Gasteiger partial charge in [-0.25, -0.2) is 0 Å². The van der Waals surface area contributed by atoms with E-state index < -0.39 is 0 Å². The molecule has 0 aromatic heterocycles. The minimum absolute atomic E-state index is 0.299. The number of ether oxygens (including phenoxy) is 1.